The molecule has 0 aliphatic carbocycles. The molecule has 23 heavy (non-hydrogen) atoms. The molecule has 1 aromatic carbocycles. The predicted molar refractivity (Wildman–Crippen MR) is 103 cm³/mol. The summed E-state index contributed by atoms with van der Waals surface area (Å²) in [4.78, 5) is 3.84. The summed E-state index contributed by atoms with van der Waals surface area (Å²) < 4.78 is 14.8. The Morgan fingerprint density at radius 1 is 0.826 bits per heavy atom. The maximum atomic E-state index is 4.93. The second kappa shape index (κ2) is 11.9. The molecule has 134 valence electrons. The van der Waals surface area contributed by atoms with Crippen molar-refractivity contribution < 1.29 is 13.3 Å². The number of rotatable bonds is 9. The van der Waals surface area contributed by atoms with Crippen LogP contribution < -0.4 is 4.98 Å². The summed E-state index contributed by atoms with van der Waals surface area (Å²) >= 11 is 0. The molecule has 0 amide bonds. The van der Waals surface area contributed by atoms with Gasteiger partial charge in [-0.2, -0.15) is 0 Å². The van der Waals surface area contributed by atoms with E-state index in [4.69, 9.17) is 13.3 Å². The van der Waals surface area contributed by atoms with Gasteiger partial charge in [0.15, 0.2) is 0 Å². The molecule has 0 aromatic heterocycles. The quantitative estimate of drug-likeness (QED) is 0.670. The monoisotopic (exact) mass is 357 g/mol. The molecule has 4 nitrogen and oxygen atoms in total. The summed E-state index contributed by atoms with van der Waals surface area (Å²) in [6, 6.07) is 14.7. The van der Waals surface area contributed by atoms with Gasteiger partial charge < -0.3 is 18.3 Å². The molecule has 0 atom stereocenters. The molecule has 6 heteroatoms. The zero-order chi connectivity index (χ0) is 17.8. The van der Waals surface area contributed by atoms with Gasteiger partial charge in [0.25, 0.3) is 0 Å². The Labute approximate surface area is 145 Å². The Bertz CT molecular complexity index is 380. The molecule has 0 unspecified atom stereocenters. The first-order valence-corrected chi connectivity index (χ1v) is 13.2. The molecule has 0 bridgehead atoms. The van der Waals surface area contributed by atoms with E-state index in [1.54, 1.807) is 21.3 Å². The van der Waals surface area contributed by atoms with Crippen LogP contribution in [0.15, 0.2) is 30.3 Å². The summed E-state index contributed by atoms with van der Waals surface area (Å²) in [7, 11) is 1.43. The van der Waals surface area contributed by atoms with E-state index >= 15 is 0 Å². The van der Waals surface area contributed by atoms with Crippen LogP contribution in [0.4, 0.5) is 0 Å². The van der Waals surface area contributed by atoms with E-state index in [0.717, 1.165) is 6.54 Å². The molecular formula is C17H35NO3Si2. The number of hydrogen-bond donors (Lipinski definition) is 1. The van der Waals surface area contributed by atoms with E-state index in [-0.39, 0.29) is 0 Å². The Kier molecular flexibility index (Phi) is 11.7. The lowest BCUT2D eigenvalue weighted by Crippen LogP contribution is -2.48. The zero-order valence-electron chi connectivity index (χ0n) is 15.9. The van der Waals surface area contributed by atoms with Crippen molar-refractivity contribution in [3.63, 3.8) is 0 Å². The van der Waals surface area contributed by atoms with Crippen molar-refractivity contribution in [3.05, 3.63) is 35.9 Å². The van der Waals surface area contributed by atoms with Gasteiger partial charge >= 0.3 is 8.80 Å². The van der Waals surface area contributed by atoms with Crippen molar-refractivity contribution in [2.75, 3.05) is 21.3 Å². The fourth-order valence-corrected chi connectivity index (χ4v) is 5.59. The minimum Gasteiger partial charge on any atom is -0.377 e. The summed E-state index contributed by atoms with van der Waals surface area (Å²) in [5.41, 5.74) is 1.41. The molecular weight excluding hydrogens is 322 g/mol. The minimum absolute atomic E-state index is 1.04. The smallest absolute Gasteiger partial charge is 0.377 e. The van der Waals surface area contributed by atoms with E-state index in [2.05, 4.69) is 56.1 Å². The standard InChI is InChI=1S/C13H23NSi.C4H12O3Si/c1-4-15(5-2,6-3)14-12-13-10-8-7-9-11-13;1-5-8(4,6-2)7-3/h7-11,14H,4-6,12H2,1-3H3;1-4H3. The van der Waals surface area contributed by atoms with Crippen molar-refractivity contribution in [1.82, 2.24) is 4.98 Å². The maximum Gasteiger partial charge on any atom is 0.496 e. The first kappa shape index (κ1) is 22.5. The third-order valence-corrected chi connectivity index (χ3v) is 11.9. The minimum atomic E-state index is -2.17. The van der Waals surface area contributed by atoms with Crippen LogP contribution >= 0.6 is 0 Å². The maximum absolute atomic E-state index is 4.93. The van der Waals surface area contributed by atoms with Crippen molar-refractivity contribution in [2.45, 2.75) is 52.0 Å². The summed E-state index contributed by atoms with van der Waals surface area (Å²) in [6.45, 7) is 9.86. The van der Waals surface area contributed by atoms with E-state index in [1.807, 2.05) is 6.55 Å². The Morgan fingerprint density at radius 2 is 1.26 bits per heavy atom. The third kappa shape index (κ3) is 8.23. The third-order valence-electron chi connectivity index (χ3n) is 4.65. The van der Waals surface area contributed by atoms with Gasteiger partial charge in [-0.3, -0.25) is 0 Å². The molecule has 0 radical (unpaired) electrons. The van der Waals surface area contributed by atoms with Crippen LogP contribution in [-0.4, -0.2) is 38.4 Å². The van der Waals surface area contributed by atoms with Crippen LogP contribution in [0.2, 0.25) is 24.7 Å². The highest BCUT2D eigenvalue weighted by atomic mass is 28.4. The van der Waals surface area contributed by atoms with Crippen LogP contribution in [0.25, 0.3) is 0 Å². The molecule has 0 aliphatic rings. The van der Waals surface area contributed by atoms with Crippen LogP contribution in [0.1, 0.15) is 26.3 Å². The molecule has 0 saturated heterocycles. The highest BCUT2D eigenvalue weighted by molar-refractivity contribution is 6.77. The van der Waals surface area contributed by atoms with E-state index in [1.165, 1.54) is 23.7 Å². The summed E-state index contributed by atoms with van der Waals surface area (Å²) in [6.07, 6.45) is 0. The van der Waals surface area contributed by atoms with Crippen molar-refractivity contribution in [3.8, 4) is 0 Å². The van der Waals surface area contributed by atoms with Gasteiger partial charge in [-0.25, -0.2) is 0 Å². The highest BCUT2D eigenvalue weighted by Gasteiger charge is 2.29. The van der Waals surface area contributed by atoms with Gasteiger partial charge in [0.2, 0.25) is 0 Å². The van der Waals surface area contributed by atoms with Crippen LogP contribution in [0.3, 0.4) is 0 Å². The summed E-state index contributed by atoms with van der Waals surface area (Å²) in [5.74, 6) is 0. The van der Waals surface area contributed by atoms with Crippen molar-refractivity contribution >= 4 is 17.0 Å². The van der Waals surface area contributed by atoms with Gasteiger partial charge in [-0.15, -0.1) is 0 Å². The zero-order valence-corrected chi connectivity index (χ0v) is 17.9. The second-order valence-electron chi connectivity index (χ2n) is 5.65. The Hall–Kier alpha value is -0.506. The fourth-order valence-electron chi connectivity index (χ4n) is 2.26. The normalized spacial score (nSPS) is 11.8. The van der Waals surface area contributed by atoms with Crippen LogP contribution in [0.5, 0.6) is 0 Å². The van der Waals surface area contributed by atoms with E-state index in [0.29, 0.717) is 0 Å². The molecule has 0 fully saturated rings. The van der Waals surface area contributed by atoms with Gasteiger partial charge in [0.1, 0.15) is 8.24 Å². The van der Waals surface area contributed by atoms with Gasteiger partial charge in [-0.1, -0.05) is 51.1 Å². The molecule has 0 spiro atoms. The van der Waals surface area contributed by atoms with E-state index < -0.39 is 17.0 Å². The SMILES string of the molecule is CC[Si](CC)(CC)NCc1ccccc1.CO[Si](C)(OC)OC. The lowest BCUT2D eigenvalue weighted by atomic mass is 10.2. The summed E-state index contributed by atoms with van der Waals surface area (Å²) in [5, 5.41) is 0. The highest BCUT2D eigenvalue weighted by Crippen LogP contribution is 2.17. The average Bonchev–Trinajstić information content (AvgIpc) is 2.64. The second-order valence-corrected chi connectivity index (χ2v) is 13.6. The molecule has 1 rings (SSSR count). The van der Waals surface area contributed by atoms with Gasteiger partial charge in [0, 0.05) is 34.4 Å². The molecule has 0 saturated carbocycles. The molecule has 1 N–H and O–H groups in total. The largest absolute Gasteiger partial charge is 0.496 e. The average molecular weight is 358 g/mol. The van der Waals surface area contributed by atoms with Crippen molar-refractivity contribution in [1.29, 1.82) is 0 Å². The lowest BCUT2D eigenvalue weighted by Gasteiger charge is -2.29. The van der Waals surface area contributed by atoms with Gasteiger partial charge in [0.05, 0.1) is 0 Å². The molecule has 0 aliphatic heterocycles. The Morgan fingerprint density at radius 3 is 1.57 bits per heavy atom. The number of hydrogen-bond acceptors (Lipinski definition) is 4. The van der Waals surface area contributed by atoms with Gasteiger partial charge in [-0.05, 0) is 23.7 Å². The van der Waals surface area contributed by atoms with E-state index in [9.17, 15) is 0 Å². The number of benzene rings is 1. The molecule has 1 aromatic rings. The Balaban J connectivity index is 0.000000515. The number of nitrogens with one attached hydrogen (secondary N) is 1. The topological polar surface area (TPSA) is 39.7 Å². The predicted octanol–water partition coefficient (Wildman–Crippen LogP) is 4.28. The first-order chi connectivity index (χ1) is 10.9. The van der Waals surface area contributed by atoms with Crippen LogP contribution in [-0.2, 0) is 19.8 Å². The van der Waals surface area contributed by atoms with Crippen LogP contribution in [0, 0.1) is 0 Å². The molecule has 0 heterocycles. The van der Waals surface area contributed by atoms with Crippen molar-refractivity contribution in [2.24, 2.45) is 0 Å². The fraction of sp³-hybridized carbons (Fsp3) is 0.647. The first-order valence-electron chi connectivity index (χ1n) is 8.39. The lowest BCUT2D eigenvalue weighted by molar-refractivity contribution is 0.132.